The number of primary amides is 1. The van der Waals surface area contributed by atoms with Gasteiger partial charge in [0.05, 0.1) is 17.6 Å². The van der Waals surface area contributed by atoms with Gasteiger partial charge in [-0.3, -0.25) is 4.79 Å². The van der Waals surface area contributed by atoms with Crippen LogP contribution in [-0.2, 0) is 26.1 Å². The predicted octanol–water partition coefficient (Wildman–Crippen LogP) is 3.85. The summed E-state index contributed by atoms with van der Waals surface area (Å²) in [5, 5.41) is 0.286. The van der Waals surface area contributed by atoms with Crippen LogP contribution in [0, 0.1) is 6.92 Å². The second-order valence-electron chi connectivity index (χ2n) is 7.37. The third kappa shape index (κ3) is 5.42. The van der Waals surface area contributed by atoms with Crippen molar-refractivity contribution < 1.29 is 22.7 Å². The minimum absolute atomic E-state index is 0.0635. The Labute approximate surface area is 197 Å². The van der Waals surface area contributed by atoms with E-state index < -0.39 is 27.9 Å². The minimum atomic E-state index is -4.21. The highest BCUT2D eigenvalue weighted by atomic mass is 35.5. The minimum Gasteiger partial charge on any atom is -0.465 e. The van der Waals surface area contributed by atoms with Crippen LogP contribution in [0.1, 0.15) is 33.1 Å². The molecule has 9 heteroatoms. The number of sulfonamides is 1. The highest BCUT2D eigenvalue weighted by molar-refractivity contribution is 7.89. The summed E-state index contributed by atoms with van der Waals surface area (Å²) in [5.74, 6) is -1.34. The normalized spacial score (nSPS) is 12.4. The zero-order valence-electron chi connectivity index (χ0n) is 18.1. The first-order valence-electron chi connectivity index (χ1n) is 9.94. The van der Waals surface area contributed by atoms with Gasteiger partial charge in [0.15, 0.2) is 0 Å². The van der Waals surface area contributed by atoms with E-state index in [1.54, 1.807) is 55.5 Å². The molecule has 0 heterocycles. The van der Waals surface area contributed by atoms with Crippen molar-refractivity contribution in [1.29, 1.82) is 0 Å². The number of benzene rings is 3. The molecule has 7 nitrogen and oxygen atoms in total. The smallest absolute Gasteiger partial charge is 0.337 e. The molecule has 0 saturated heterocycles. The molecule has 0 fully saturated rings. The molecular weight excluding hydrogens is 464 g/mol. The standard InChI is InChI=1S/C24H23ClN2O5S/c1-16-8-13-20(14-21(16)25)33(30,31)27(22(23(26)28)18-6-4-3-5-7-18)15-17-9-11-19(12-10-17)24(29)32-2/h3-14,22H,15H2,1-2H3,(H2,26,28). The van der Waals surface area contributed by atoms with Crippen LogP contribution < -0.4 is 5.73 Å². The Balaban J connectivity index is 2.12. The molecule has 0 spiro atoms. The molecule has 1 atom stereocenters. The van der Waals surface area contributed by atoms with Gasteiger partial charge in [-0.1, -0.05) is 60.1 Å². The molecule has 0 aromatic heterocycles. The van der Waals surface area contributed by atoms with Gasteiger partial charge >= 0.3 is 5.97 Å². The summed E-state index contributed by atoms with van der Waals surface area (Å²) in [6.45, 7) is 1.59. The van der Waals surface area contributed by atoms with Crippen LogP contribution in [-0.4, -0.2) is 31.7 Å². The maximum Gasteiger partial charge on any atom is 0.337 e. The second-order valence-corrected chi connectivity index (χ2v) is 9.66. The summed E-state index contributed by atoms with van der Waals surface area (Å²) in [6.07, 6.45) is 0. The fourth-order valence-corrected chi connectivity index (χ4v) is 5.18. The summed E-state index contributed by atoms with van der Waals surface area (Å²) in [4.78, 5) is 24.2. The van der Waals surface area contributed by atoms with Crippen molar-refractivity contribution >= 4 is 33.5 Å². The van der Waals surface area contributed by atoms with E-state index in [0.717, 1.165) is 9.87 Å². The Morgan fingerprint density at radius 1 is 1.03 bits per heavy atom. The van der Waals surface area contributed by atoms with Gasteiger partial charge in [0.1, 0.15) is 6.04 Å². The Morgan fingerprint density at radius 2 is 1.67 bits per heavy atom. The van der Waals surface area contributed by atoms with Crippen molar-refractivity contribution in [2.24, 2.45) is 5.73 Å². The number of halogens is 1. The van der Waals surface area contributed by atoms with Gasteiger partial charge in [-0.05, 0) is 47.9 Å². The molecule has 3 rings (SSSR count). The lowest BCUT2D eigenvalue weighted by Gasteiger charge is -2.29. The first-order chi connectivity index (χ1) is 15.6. The Bertz CT molecular complexity index is 1260. The number of amides is 1. The maximum absolute atomic E-state index is 13.7. The average Bonchev–Trinajstić information content (AvgIpc) is 2.80. The third-order valence-corrected chi connectivity index (χ3v) is 7.35. The number of hydrogen-bond acceptors (Lipinski definition) is 5. The number of carbonyl (C=O) groups is 2. The predicted molar refractivity (Wildman–Crippen MR) is 125 cm³/mol. The van der Waals surface area contributed by atoms with E-state index in [2.05, 4.69) is 0 Å². The molecule has 0 aliphatic heterocycles. The number of hydrogen-bond donors (Lipinski definition) is 1. The topological polar surface area (TPSA) is 107 Å². The molecule has 3 aromatic rings. The van der Waals surface area contributed by atoms with Gasteiger partial charge in [-0.2, -0.15) is 4.31 Å². The van der Waals surface area contributed by atoms with E-state index in [-0.39, 0.29) is 16.5 Å². The first kappa shape index (κ1) is 24.4. The van der Waals surface area contributed by atoms with Crippen LogP contribution in [0.3, 0.4) is 0 Å². The second kappa shape index (κ2) is 10.2. The molecular formula is C24H23ClN2O5S. The maximum atomic E-state index is 13.7. The van der Waals surface area contributed by atoms with E-state index in [9.17, 15) is 18.0 Å². The molecule has 1 unspecified atom stereocenters. The monoisotopic (exact) mass is 486 g/mol. The molecule has 0 saturated carbocycles. The van der Waals surface area contributed by atoms with E-state index in [1.807, 2.05) is 0 Å². The fraction of sp³-hybridized carbons (Fsp3) is 0.167. The number of esters is 1. The molecule has 2 N–H and O–H groups in total. The Hall–Kier alpha value is -3.20. The van der Waals surface area contributed by atoms with Crippen LogP contribution in [0.4, 0.5) is 0 Å². The van der Waals surface area contributed by atoms with Gasteiger partial charge in [-0.25, -0.2) is 13.2 Å². The summed E-state index contributed by atoms with van der Waals surface area (Å²) in [7, 11) is -2.93. The lowest BCUT2D eigenvalue weighted by molar-refractivity contribution is -0.122. The molecule has 0 radical (unpaired) electrons. The zero-order valence-corrected chi connectivity index (χ0v) is 19.6. The molecule has 172 valence electrons. The van der Waals surface area contributed by atoms with Crippen LogP contribution in [0.25, 0.3) is 0 Å². The summed E-state index contributed by atoms with van der Waals surface area (Å²) in [6, 6.07) is 17.8. The van der Waals surface area contributed by atoms with Crippen molar-refractivity contribution in [2.75, 3.05) is 7.11 Å². The zero-order chi connectivity index (χ0) is 24.2. The van der Waals surface area contributed by atoms with Crippen molar-refractivity contribution in [3.05, 3.63) is 100 Å². The fourth-order valence-electron chi connectivity index (χ4n) is 3.34. The Kier molecular flexibility index (Phi) is 7.53. The number of methoxy groups -OCH3 is 1. The average molecular weight is 487 g/mol. The van der Waals surface area contributed by atoms with Gasteiger partial charge in [-0.15, -0.1) is 0 Å². The molecule has 0 aliphatic rings. The molecule has 0 bridgehead atoms. The van der Waals surface area contributed by atoms with Crippen molar-refractivity contribution in [3.8, 4) is 0 Å². The van der Waals surface area contributed by atoms with Crippen LogP contribution in [0.2, 0.25) is 5.02 Å². The lowest BCUT2D eigenvalue weighted by atomic mass is 10.1. The van der Waals surface area contributed by atoms with Gasteiger partial charge in [0.2, 0.25) is 15.9 Å². The number of aryl methyl sites for hydroxylation is 1. The Morgan fingerprint density at radius 3 is 2.21 bits per heavy atom. The van der Waals surface area contributed by atoms with Crippen LogP contribution >= 0.6 is 11.6 Å². The van der Waals surface area contributed by atoms with Gasteiger partial charge in [0.25, 0.3) is 0 Å². The van der Waals surface area contributed by atoms with E-state index >= 15 is 0 Å². The van der Waals surface area contributed by atoms with Gasteiger partial charge < -0.3 is 10.5 Å². The largest absolute Gasteiger partial charge is 0.465 e. The van der Waals surface area contributed by atoms with E-state index in [0.29, 0.717) is 16.7 Å². The molecule has 0 aliphatic carbocycles. The third-order valence-electron chi connectivity index (χ3n) is 5.14. The molecule has 3 aromatic carbocycles. The van der Waals surface area contributed by atoms with E-state index in [1.165, 1.54) is 31.4 Å². The number of carbonyl (C=O) groups excluding carboxylic acids is 2. The summed E-state index contributed by atoms with van der Waals surface area (Å²) in [5.41, 5.74) is 7.71. The number of nitrogens with two attached hydrogens (primary N) is 1. The van der Waals surface area contributed by atoms with Gasteiger partial charge in [0, 0.05) is 11.6 Å². The van der Waals surface area contributed by atoms with Crippen LogP contribution in [0.5, 0.6) is 0 Å². The van der Waals surface area contributed by atoms with Crippen molar-refractivity contribution in [1.82, 2.24) is 4.31 Å². The summed E-state index contributed by atoms with van der Waals surface area (Å²) >= 11 is 6.19. The highest BCUT2D eigenvalue weighted by Crippen LogP contribution is 2.31. The van der Waals surface area contributed by atoms with Crippen molar-refractivity contribution in [3.63, 3.8) is 0 Å². The van der Waals surface area contributed by atoms with E-state index in [4.69, 9.17) is 22.1 Å². The highest BCUT2D eigenvalue weighted by Gasteiger charge is 2.36. The lowest BCUT2D eigenvalue weighted by Crippen LogP contribution is -2.41. The van der Waals surface area contributed by atoms with Crippen molar-refractivity contribution in [2.45, 2.75) is 24.4 Å². The number of nitrogens with zero attached hydrogens (tertiary/aromatic N) is 1. The molecule has 1 amide bonds. The first-order valence-corrected chi connectivity index (χ1v) is 11.8. The number of rotatable bonds is 8. The molecule has 33 heavy (non-hydrogen) atoms. The quantitative estimate of drug-likeness (QED) is 0.486. The SMILES string of the molecule is COC(=O)c1ccc(CN(C(C(N)=O)c2ccccc2)S(=O)(=O)c2ccc(C)c(Cl)c2)cc1. The number of ether oxygens (including phenoxy) is 1. The van der Waals surface area contributed by atoms with Crippen LogP contribution in [0.15, 0.2) is 77.7 Å². The summed E-state index contributed by atoms with van der Waals surface area (Å²) < 4.78 is 33.2.